The first kappa shape index (κ1) is 17.9. The number of rotatable bonds is 5. The second kappa shape index (κ2) is 7.26. The second-order valence-electron chi connectivity index (χ2n) is 7.10. The van der Waals surface area contributed by atoms with E-state index in [9.17, 15) is 9.59 Å². The lowest BCUT2D eigenvalue weighted by atomic mass is 10.0. The molecule has 2 N–H and O–H groups in total. The molecule has 2 aromatic carbocycles. The zero-order valence-corrected chi connectivity index (χ0v) is 15.7. The van der Waals surface area contributed by atoms with Crippen LogP contribution in [0.2, 0.25) is 0 Å². The van der Waals surface area contributed by atoms with Crippen LogP contribution >= 0.6 is 0 Å². The molecule has 1 aliphatic rings. The highest BCUT2D eigenvalue weighted by Crippen LogP contribution is 2.28. The molecular weight excluding hydrogens is 354 g/mol. The van der Waals surface area contributed by atoms with Gasteiger partial charge >= 0.3 is 0 Å². The van der Waals surface area contributed by atoms with E-state index in [1.165, 1.54) is 10.2 Å². The van der Waals surface area contributed by atoms with Crippen LogP contribution in [0.25, 0.3) is 11.4 Å². The fourth-order valence-electron chi connectivity index (χ4n) is 3.16. The van der Waals surface area contributed by atoms with Gasteiger partial charge in [-0.1, -0.05) is 56.3 Å². The van der Waals surface area contributed by atoms with Crippen LogP contribution in [0.5, 0.6) is 0 Å². The van der Waals surface area contributed by atoms with Crippen LogP contribution in [-0.2, 0) is 9.59 Å². The predicted octanol–water partition coefficient (Wildman–Crippen LogP) is 3.59. The van der Waals surface area contributed by atoms with Gasteiger partial charge in [0.25, 0.3) is 5.91 Å². The van der Waals surface area contributed by atoms with E-state index in [4.69, 9.17) is 0 Å². The Morgan fingerprint density at radius 2 is 1.86 bits per heavy atom. The van der Waals surface area contributed by atoms with Gasteiger partial charge in [-0.3, -0.25) is 14.9 Å². The molecule has 1 atom stereocenters. The van der Waals surface area contributed by atoms with Gasteiger partial charge in [0.2, 0.25) is 11.9 Å². The number of hydrogen-bond donors (Lipinski definition) is 2. The quantitative estimate of drug-likeness (QED) is 0.713. The Morgan fingerprint density at radius 1 is 1.14 bits per heavy atom. The Balaban J connectivity index is 1.47. The molecule has 2 heterocycles. The molecular formula is C21H21N5O2. The average molecular weight is 375 g/mol. The molecule has 3 aromatic rings. The Morgan fingerprint density at radius 3 is 2.54 bits per heavy atom. The molecule has 7 heteroatoms. The number of hydrogen-bond acceptors (Lipinski definition) is 4. The van der Waals surface area contributed by atoms with E-state index in [0.29, 0.717) is 23.4 Å². The van der Waals surface area contributed by atoms with E-state index in [-0.39, 0.29) is 18.2 Å². The van der Waals surface area contributed by atoms with Crippen molar-refractivity contribution in [1.29, 1.82) is 0 Å². The Kier molecular flexibility index (Phi) is 4.65. The highest BCUT2D eigenvalue weighted by Gasteiger charge is 2.35. The first-order valence-electron chi connectivity index (χ1n) is 9.24. The summed E-state index contributed by atoms with van der Waals surface area (Å²) in [4.78, 5) is 29.1. The van der Waals surface area contributed by atoms with Crippen molar-refractivity contribution in [3.8, 4) is 11.4 Å². The summed E-state index contributed by atoms with van der Waals surface area (Å²) < 4.78 is 1.49. The summed E-state index contributed by atoms with van der Waals surface area (Å²) in [7, 11) is 0. The number of anilines is 2. The molecule has 1 aromatic heterocycles. The van der Waals surface area contributed by atoms with Gasteiger partial charge in [-0.25, -0.2) is 4.68 Å². The molecule has 7 nitrogen and oxygen atoms in total. The smallest absolute Gasteiger partial charge is 0.252 e. The monoisotopic (exact) mass is 375 g/mol. The van der Waals surface area contributed by atoms with Gasteiger partial charge in [-0.05, 0) is 23.6 Å². The molecule has 4 rings (SSSR count). The fourth-order valence-corrected chi connectivity index (χ4v) is 3.16. The number of carbonyl (C=O) groups excluding carboxylic acids is 2. The van der Waals surface area contributed by atoms with Crippen molar-refractivity contribution in [2.75, 3.05) is 10.6 Å². The molecule has 0 aliphatic carbocycles. The topological polar surface area (TPSA) is 88.9 Å². The van der Waals surface area contributed by atoms with E-state index in [2.05, 4.69) is 34.6 Å². The van der Waals surface area contributed by atoms with Crippen LogP contribution in [0.3, 0.4) is 0 Å². The zero-order chi connectivity index (χ0) is 19.7. The van der Waals surface area contributed by atoms with Crippen molar-refractivity contribution in [2.45, 2.75) is 32.2 Å². The molecule has 2 amide bonds. The summed E-state index contributed by atoms with van der Waals surface area (Å²) in [6.07, 6.45) is -0.0116. The van der Waals surface area contributed by atoms with Crippen molar-refractivity contribution in [1.82, 2.24) is 14.8 Å². The summed E-state index contributed by atoms with van der Waals surface area (Å²) >= 11 is 0. The van der Waals surface area contributed by atoms with Crippen molar-refractivity contribution in [2.24, 2.45) is 0 Å². The minimum atomic E-state index is -0.713. The minimum absolute atomic E-state index is 0.0116. The van der Waals surface area contributed by atoms with E-state index in [0.717, 1.165) is 5.56 Å². The molecule has 0 fully saturated rings. The van der Waals surface area contributed by atoms with Gasteiger partial charge < -0.3 is 5.32 Å². The van der Waals surface area contributed by atoms with Gasteiger partial charge in [-0.2, -0.15) is 4.98 Å². The third kappa shape index (κ3) is 3.51. The summed E-state index contributed by atoms with van der Waals surface area (Å²) in [5, 5.41) is 9.97. The van der Waals surface area contributed by atoms with Gasteiger partial charge in [0.15, 0.2) is 5.82 Å². The number of benzene rings is 2. The Bertz CT molecular complexity index is 1010. The van der Waals surface area contributed by atoms with Crippen LogP contribution < -0.4 is 10.6 Å². The largest absolute Gasteiger partial charge is 0.326 e. The van der Waals surface area contributed by atoms with Crippen LogP contribution in [0.4, 0.5) is 11.6 Å². The Labute approximate surface area is 162 Å². The molecule has 0 spiro atoms. The fraction of sp³-hybridized carbons (Fsp3) is 0.238. The molecule has 142 valence electrons. The van der Waals surface area contributed by atoms with E-state index < -0.39 is 6.04 Å². The lowest BCUT2D eigenvalue weighted by Crippen LogP contribution is -2.23. The van der Waals surface area contributed by atoms with Gasteiger partial charge in [0.1, 0.15) is 6.04 Å². The highest BCUT2D eigenvalue weighted by molar-refractivity contribution is 6.01. The van der Waals surface area contributed by atoms with Crippen molar-refractivity contribution in [3.63, 3.8) is 0 Å². The predicted molar refractivity (Wildman–Crippen MR) is 107 cm³/mol. The number of aromatic nitrogens is 3. The highest BCUT2D eigenvalue weighted by atomic mass is 16.2. The average Bonchev–Trinajstić information content (AvgIpc) is 3.22. The van der Waals surface area contributed by atoms with Crippen LogP contribution in [-0.4, -0.2) is 26.6 Å². The van der Waals surface area contributed by atoms with Gasteiger partial charge in [0.05, 0.1) is 6.42 Å². The standard InChI is InChI=1S/C21H21N5O2/c1-13(2)14-8-10-16(11-9-14)22-18(27)12-17-20(28)24-21-23-19(25-26(17)21)15-6-4-3-5-7-15/h3-11,13,17H,12H2,1-2H3,(H,22,27)(H,23,24,25,28)/t17-/m1/s1. The normalized spacial score (nSPS) is 15.4. The molecule has 28 heavy (non-hydrogen) atoms. The first-order valence-corrected chi connectivity index (χ1v) is 9.24. The van der Waals surface area contributed by atoms with Crippen LogP contribution in [0.15, 0.2) is 54.6 Å². The molecule has 0 bridgehead atoms. The van der Waals surface area contributed by atoms with Gasteiger partial charge in [-0.15, -0.1) is 5.10 Å². The van der Waals surface area contributed by atoms with E-state index in [1.54, 1.807) is 0 Å². The lowest BCUT2D eigenvalue weighted by Gasteiger charge is -2.11. The zero-order valence-electron chi connectivity index (χ0n) is 15.7. The van der Waals surface area contributed by atoms with E-state index in [1.807, 2.05) is 54.6 Å². The number of amides is 2. The van der Waals surface area contributed by atoms with Crippen molar-refractivity contribution >= 4 is 23.5 Å². The summed E-state index contributed by atoms with van der Waals surface area (Å²) in [5.41, 5.74) is 2.76. The molecule has 0 saturated carbocycles. The number of nitrogens with zero attached hydrogens (tertiary/aromatic N) is 3. The summed E-state index contributed by atoms with van der Waals surface area (Å²) in [5.74, 6) is 0.784. The van der Waals surface area contributed by atoms with Crippen LogP contribution in [0.1, 0.15) is 37.8 Å². The third-order valence-electron chi connectivity index (χ3n) is 4.74. The lowest BCUT2D eigenvalue weighted by molar-refractivity contribution is -0.123. The van der Waals surface area contributed by atoms with Gasteiger partial charge in [0, 0.05) is 11.3 Å². The Hall–Kier alpha value is -3.48. The van der Waals surface area contributed by atoms with Crippen molar-refractivity contribution in [3.05, 3.63) is 60.2 Å². The van der Waals surface area contributed by atoms with E-state index >= 15 is 0 Å². The van der Waals surface area contributed by atoms with Crippen molar-refractivity contribution < 1.29 is 9.59 Å². The summed E-state index contributed by atoms with van der Waals surface area (Å²) in [6, 6.07) is 16.5. The minimum Gasteiger partial charge on any atom is -0.326 e. The maximum absolute atomic E-state index is 12.5. The summed E-state index contributed by atoms with van der Waals surface area (Å²) in [6.45, 7) is 4.23. The van der Waals surface area contributed by atoms with Crippen LogP contribution in [0, 0.1) is 0 Å². The first-order chi connectivity index (χ1) is 13.5. The maximum Gasteiger partial charge on any atom is 0.252 e. The molecule has 0 radical (unpaired) electrons. The molecule has 0 unspecified atom stereocenters. The molecule has 0 saturated heterocycles. The maximum atomic E-state index is 12.5. The number of carbonyl (C=O) groups is 2. The number of fused-ring (bicyclic) bond motifs is 1. The number of nitrogens with one attached hydrogen (secondary N) is 2. The SMILES string of the molecule is CC(C)c1ccc(NC(=O)C[C@@H]2C(=O)Nc3nc(-c4ccccc4)nn32)cc1. The molecule has 1 aliphatic heterocycles. The second-order valence-corrected chi connectivity index (χ2v) is 7.10. The third-order valence-corrected chi connectivity index (χ3v) is 4.74.